The van der Waals surface area contributed by atoms with Gasteiger partial charge in [-0.2, -0.15) is 29.1 Å². The van der Waals surface area contributed by atoms with Crippen molar-refractivity contribution in [3.63, 3.8) is 0 Å². The van der Waals surface area contributed by atoms with E-state index in [-0.39, 0.29) is 24.8 Å². The molecule has 3 aromatic carbocycles. The first kappa shape index (κ1) is 28.1. The second kappa shape index (κ2) is 14.3. The molecule has 1 unspecified atom stereocenters. The molecule has 6 rings (SSSR count). The average molecular weight is 571 g/mol. The maximum absolute atomic E-state index is 3.37. The summed E-state index contributed by atoms with van der Waals surface area (Å²) < 4.78 is 1.80. The molecule has 1 aromatic heterocycles. The first-order chi connectivity index (χ1) is 15.2. The second-order valence-corrected chi connectivity index (χ2v) is 10.7. The third-order valence-electron chi connectivity index (χ3n) is 5.75. The summed E-state index contributed by atoms with van der Waals surface area (Å²) >= 11 is 3.42. The molecule has 170 valence electrons. The van der Waals surface area contributed by atoms with Crippen LogP contribution < -0.4 is 24.8 Å². The largest absolute Gasteiger partial charge is 0.126 e. The summed E-state index contributed by atoms with van der Waals surface area (Å²) in [5.41, 5.74) is 2.55. The second-order valence-electron chi connectivity index (χ2n) is 8.20. The molecule has 0 nitrogen and oxygen atoms in total. The number of rotatable bonds is 1. The Morgan fingerprint density at radius 1 is 0.879 bits per heavy atom. The number of fused-ring (bicyclic) bond motifs is 3. The normalized spacial score (nSPS) is 16.6. The number of thiophene rings is 1. The van der Waals surface area contributed by atoms with Crippen molar-refractivity contribution in [3.8, 4) is 0 Å². The van der Waals surface area contributed by atoms with Crippen molar-refractivity contribution in [2.24, 2.45) is 5.92 Å². The Hall–Kier alpha value is -1.18. The van der Waals surface area contributed by atoms with E-state index in [1.54, 1.807) is 38.8 Å². The molecule has 0 spiro atoms. The molecule has 1 heterocycles. The summed E-state index contributed by atoms with van der Waals surface area (Å²) in [4.78, 5) is 0. The van der Waals surface area contributed by atoms with Gasteiger partial charge in [0.1, 0.15) is 0 Å². The van der Waals surface area contributed by atoms with Crippen LogP contribution >= 0.6 is 11.3 Å². The van der Waals surface area contributed by atoms with E-state index in [4.69, 9.17) is 0 Å². The molecule has 1 fully saturated rings. The summed E-state index contributed by atoms with van der Waals surface area (Å²) in [7, 11) is 0. The molecular weight excluding hydrogens is 543 g/mol. The molecule has 33 heavy (non-hydrogen) atoms. The zero-order valence-corrected chi connectivity index (χ0v) is 23.6. The van der Waals surface area contributed by atoms with Gasteiger partial charge in [-0.05, 0) is 5.38 Å². The number of hydrogen-bond acceptors (Lipinski definition) is 1. The van der Waals surface area contributed by atoms with Gasteiger partial charge in [-0.3, -0.25) is 0 Å². The van der Waals surface area contributed by atoms with Crippen LogP contribution in [-0.4, -0.2) is 3.21 Å². The Balaban J connectivity index is 0.000000177. The van der Waals surface area contributed by atoms with Crippen LogP contribution in [0.1, 0.15) is 44.6 Å². The van der Waals surface area contributed by atoms with Crippen LogP contribution in [0.5, 0.6) is 0 Å². The van der Waals surface area contributed by atoms with Crippen LogP contribution in [0.2, 0.25) is 0 Å². The Kier molecular flexibility index (Phi) is 12.1. The van der Waals surface area contributed by atoms with Crippen molar-refractivity contribution in [2.75, 3.05) is 0 Å². The first-order valence-electron chi connectivity index (χ1n) is 11.1. The molecule has 1 saturated carbocycles. The fraction of sp³-hybridized carbons (Fsp3) is 0.241. The summed E-state index contributed by atoms with van der Waals surface area (Å²) in [5.74, 6) is 0.491. The van der Waals surface area contributed by atoms with Crippen molar-refractivity contribution in [1.82, 2.24) is 0 Å². The SMILES string of the molecule is CC1[C-]=C(c2ccsc2)C=C1.[Cl-].[Cl-].[Zr+2]=[C]1CCCCC1.c1ccc2c(c1)[cH-]c1ccccc12. The Bertz CT molecular complexity index is 1140. The van der Waals surface area contributed by atoms with Gasteiger partial charge in [0.2, 0.25) is 0 Å². The molecular formula is C29H28Cl2SZr-2. The third kappa shape index (κ3) is 7.93. The number of hydrogen-bond donors (Lipinski definition) is 0. The maximum Gasteiger partial charge on any atom is -0.0771 e. The third-order valence-corrected chi connectivity index (χ3v) is 7.66. The fourth-order valence-electron chi connectivity index (χ4n) is 4.06. The maximum atomic E-state index is 3.37. The smallest absolute Gasteiger partial charge is 0.0771 e. The van der Waals surface area contributed by atoms with E-state index >= 15 is 0 Å². The quantitative estimate of drug-likeness (QED) is 0.309. The first-order valence-corrected chi connectivity index (χ1v) is 13.3. The van der Waals surface area contributed by atoms with Crippen LogP contribution in [0.3, 0.4) is 0 Å². The van der Waals surface area contributed by atoms with E-state index in [2.05, 4.69) is 96.6 Å². The van der Waals surface area contributed by atoms with Crippen LogP contribution in [-0.2, 0) is 24.2 Å². The van der Waals surface area contributed by atoms with E-state index in [0.717, 1.165) is 0 Å². The van der Waals surface area contributed by atoms with E-state index < -0.39 is 0 Å². The van der Waals surface area contributed by atoms with E-state index in [0.29, 0.717) is 5.92 Å². The Morgan fingerprint density at radius 2 is 1.48 bits per heavy atom. The van der Waals surface area contributed by atoms with Gasteiger partial charge in [-0.1, -0.05) is 60.7 Å². The summed E-state index contributed by atoms with van der Waals surface area (Å²) in [6, 6.07) is 21.4. The van der Waals surface area contributed by atoms with Gasteiger partial charge >= 0.3 is 59.5 Å². The predicted molar refractivity (Wildman–Crippen MR) is 134 cm³/mol. The van der Waals surface area contributed by atoms with Crippen molar-refractivity contribution in [1.29, 1.82) is 0 Å². The molecule has 1 atom stereocenters. The van der Waals surface area contributed by atoms with E-state index in [9.17, 15) is 0 Å². The van der Waals surface area contributed by atoms with Gasteiger partial charge in [0, 0.05) is 0 Å². The molecule has 0 aliphatic heterocycles. The van der Waals surface area contributed by atoms with Gasteiger partial charge in [0.25, 0.3) is 0 Å². The van der Waals surface area contributed by atoms with Crippen LogP contribution in [0.15, 0.2) is 83.6 Å². The van der Waals surface area contributed by atoms with Crippen LogP contribution in [0, 0.1) is 12.0 Å². The zero-order chi connectivity index (χ0) is 21.5. The van der Waals surface area contributed by atoms with Gasteiger partial charge in [0.05, 0.1) is 0 Å². The molecule has 2 aliphatic carbocycles. The molecule has 4 heteroatoms. The average Bonchev–Trinajstić information content (AvgIpc) is 3.55. The van der Waals surface area contributed by atoms with Crippen molar-refractivity contribution in [2.45, 2.75) is 39.0 Å². The molecule has 4 aromatic rings. The fourth-order valence-corrected chi connectivity index (χ4v) is 5.59. The molecule has 0 radical (unpaired) electrons. The monoisotopic (exact) mass is 568 g/mol. The zero-order valence-electron chi connectivity index (χ0n) is 18.9. The number of allylic oxidation sites excluding steroid dienone is 4. The summed E-state index contributed by atoms with van der Waals surface area (Å²) in [6.07, 6.45) is 15.0. The minimum Gasteiger partial charge on any atom is -0.126 e. The predicted octanol–water partition coefficient (Wildman–Crippen LogP) is 2.53. The Labute approximate surface area is 229 Å². The van der Waals surface area contributed by atoms with Gasteiger partial charge in [-0.25, -0.2) is 0 Å². The van der Waals surface area contributed by atoms with Crippen molar-refractivity contribution < 1.29 is 49.0 Å². The van der Waals surface area contributed by atoms with Gasteiger partial charge in [0.15, 0.2) is 0 Å². The minimum absolute atomic E-state index is 0. The standard InChI is InChI=1S/C13H9.C10H9S.C6H10.2ClH.Zr/c1-3-7-12-10(5-1)9-11-6-2-4-8-13(11)12;1-8-2-3-9(6-8)10-4-5-11-7-10;1-2-4-6-5-3-1;;;/h1-9H;2-5,7-8H,1H3;1-5H2;2*1H;/q2*-1;;;;+2/p-2. The molecule has 0 saturated heterocycles. The number of halogens is 2. The topological polar surface area (TPSA) is 0 Å². The van der Waals surface area contributed by atoms with Crippen molar-refractivity contribution >= 4 is 41.7 Å². The molecule has 2 aliphatic rings. The number of benzene rings is 2. The van der Waals surface area contributed by atoms with Gasteiger partial charge < -0.3 is 24.8 Å². The minimum atomic E-state index is 0. The van der Waals surface area contributed by atoms with Crippen LogP contribution in [0.4, 0.5) is 0 Å². The van der Waals surface area contributed by atoms with E-state index in [1.807, 2.05) is 0 Å². The van der Waals surface area contributed by atoms with Crippen LogP contribution in [0.25, 0.3) is 27.1 Å². The summed E-state index contributed by atoms with van der Waals surface area (Å²) in [6.45, 7) is 2.15. The summed E-state index contributed by atoms with van der Waals surface area (Å²) in [5, 5.41) is 9.65. The van der Waals surface area contributed by atoms with Gasteiger partial charge in [-0.15, -0.1) is 51.4 Å². The van der Waals surface area contributed by atoms with Crippen molar-refractivity contribution in [3.05, 3.63) is 95.2 Å². The van der Waals surface area contributed by atoms with E-state index in [1.165, 1.54) is 64.8 Å². The molecule has 0 bridgehead atoms. The molecule has 0 amide bonds. The Morgan fingerprint density at radius 3 is 1.94 bits per heavy atom. The molecule has 0 N–H and O–H groups in total.